The average molecular weight is 278 g/mol. The molecule has 0 aromatic carbocycles. The Balaban J connectivity index is 2.36. The van der Waals surface area contributed by atoms with Gasteiger partial charge in [-0.25, -0.2) is 0 Å². The summed E-state index contributed by atoms with van der Waals surface area (Å²) in [6, 6.07) is 0.464. The number of rotatable bonds is 6. The van der Waals surface area contributed by atoms with Gasteiger partial charge in [-0.3, -0.25) is 4.79 Å². The van der Waals surface area contributed by atoms with E-state index in [9.17, 15) is 4.79 Å². The molecule has 0 bridgehead atoms. The van der Waals surface area contributed by atoms with Crippen LogP contribution < -0.4 is 0 Å². The molecule has 0 saturated heterocycles. The van der Waals surface area contributed by atoms with Gasteiger partial charge < -0.3 is 9.64 Å². The van der Waals surface area contributed by atoms with Gasteiger partial charge in [0.05, 0.1) is 6.10 Å². The maximum Gasteiger partial charge on any atom is 0.248 e. The molecular formula is C11H20BrNO2. The molecule has 15 heavy (non-hydrogen) atoms. The number of carbonyl (C=O) groups is 1. The highest BCUT2D eigenvalue weighted by molar-refractivity contribution is 9.09. The first-order valence-corrected chi connectivity index (χ1v) is 6.74. The Kier molecular flexibility index (Phi) is 5.61. The Morgan fingerprint density at radius 2 is 2.20 bits per heavy atom. The van der Waals surface area contributed by atoms with E-state index >= 15 is 0 Å². The van der Waals surface area contributed by atoms with Crippen LogP contribution in [0.1, 0.15) is 33.1 Å². The number of halogens is 1. The standard InChI is InChI=1S/C11H20BrNO2/c1-9(2)15-8-11(14)13(7-6-12)10-4-3-5-10/h9-10H,3-8H2,1-2H3. The molecule has 1 amide bonds. The molecule has 0 atom stereocenters. The van der Waals surface area contributed by atoms with Crippen LogP contribution in [0.15, 0.2) is 0 Å². The molecule has 1 rings (SSSR count). The normalized spacial score (nSPS) is 16.5. The summed E-state index contributed by atoms with van der Waals surface area (Å²) in [5, 5.41) is 0.844. The molecule has 1 aliphatic carbocycles. The van der Waals surface area contributed by atoms with Gasteiger partial charge in [-0.05, 0) is 33.1 Å². The summed E-state index contributed by atoms with van der Waals surface area (Å²) in [5.41, 5.74) is 0. The van der Waals surface area contributed by atoms with Crippen LogP contribution in [0, 0.1) is 0 Å². The van der Waals surface area contributed by atoms with Crippen molar-refractivity contribution in [3.8, 4) is 0 Å². The summed E-state index contributed by atoms with van der Waals surface area (Å²) in [4.78, 5) is 13.8. The van der Waals surface area contributed by atoms with Gasteiger partial charge in [0.1, 0.15) is 6.61 Å². The fourth-order valence-corrected chi connectivity index (χ4v) is 2.00. The van der Waals surface area contributed by atoms with E-state index in [1.165, 1.54) is 6.42 Å². The van der Waals surface area contributed by atoms with Crippen LogP contribution in [0.2, 0.25) is 0 Å². The van der Waals surface area contributed by atoms with Crippen molar-refractivity contribution in [1.82, 2.24) is 4.90 Å². The van der Waals surface area contributed by atoms with Gasteiger partial charge in [0, 0.05) is 17.9 Å². The van der Waals surface area contributed by atoms with E-state index in [0.717, 1.165) is 24.7 Å². The van der Waals surface area contributed by atoms with Crippen LogP contribution in [0.4, 0.5) is 0 Å². The Bertz CT molecular complexity index is 205. The molecule has 0 radical (unpaired) electrons. The number of amides is 1. The summed E-state index contributed by atoms with van der Waals surface area (Å²) in [6.07, 6.45) is 3.68. The van der Waals surface area contributed by atoms with Crippen molar-refractivity contribution in [2.45, 2.75) is 45.3 Å². The summed E-state index contributed by atoms with van der Waals surface area (Å²) in [5.74, 6) is 0.132. The average Bonchev–Trinajstić information content (AvgIpc) is 2.10. The van der Waals surface area contributed by atoms with Gasteiger partial charge >= 0.3 is 0 Å². The highest BCUT2D eigenvalue weighted by Gasteiger charge is 2.28. The smallest absolute Gasteiger partial charge is 0.248 e. The highest BCUT2D eigenvalue weighted by atomic mass is 79.9. The topological polar surface area (TPSA) is 29.5 Å². The van der Waals surface area contributed by atoms with Gasteiger partial charge in [-0.15, -0.1) is 0 Å². The number of hydrogen-bond acceptors (Lipinski definition) is 2. The third-order valence-electron chi connectivity index (χ3n) is 2.70. The molecule has 1 aliphatic rings. The first-order valence-electron chi connectivity index (χ1n) is 5.62. The minimum absolute atomic E-state index is 0.126. The van der Waals surface area contributed by atoms with Gasteiger partial charge in [-0.1, -0.05) is 15.9 Å². The van der Waals surface area contributed by atoms with E-state index in [2.05, 4.69) is 15.9 Å². The quantitative estimate of drug-likeness (QED) is 0.697. The Labute approximate surface area is 100 Å². The SMILES string of the molecule is CC(C)OCC(=O)N(CCBr)C1CCC1. The third-order valence-corrected chi connectivity index (χ3v) is 3.06. The number of carbonyl (C=O) groups excluding carboxylic acids is 1. The molecular weight excluding hydrogens is 258 g/mol. The number of ether oxygens (including phenoxy) is 1. The predicted octanol–water partition coefficient (Wildman–Crippen LogP) is 2.19. The molecule has 3 nitrogen and oxygen atoms in total. The lowest BCUT2D eigenvalue weighted by atomic mass is 9.91. The second kappa shape index (κ2) is 6.48. The fourth-order valence-electron chi connectivity index (χ4n) is 1.62. The van der Waals surface area contributed by atoms with E-state index in [1.807, 2.05) is 18.7 Å². The Hall–Kier alpha value is -0.0900. The van der Waals surface area contributed by atoms with Crippen molar-refractivity contribution in [3.63, 3.8) is 0 Å². The zero-order valence-corrected chi connectivity index (χ0v) is 11.1. The molecule has 1 saturated carbocycles. The summed E-state index contributed by atoms with van der Waals surface area (Å²) < 4.78 is 5.34. The number of hydrogen-bond donors (Lipinski definition) is 0. The Morgan fingerprint density at radius 3 is 2.60 bits per heavy atom. The minimum Gasteiger partial charge on any atom is -0.369 e. The number of alkyl halides is 1. The van der Waals surface area contributed by atoms with Gasteiger partial charge in [0.25, 0.3) is 0 Å². The van der Waals surface area contributed by atoms with E-state index in [-0.39, 0.29) is 18.6 Å². The molecule has 0 heterocycles. The lowest BCUT2D eigenvalue weighted by Gasteiger charge is -2.37. The molecule has 4 heteroatoms. The minimum atomic E-state index is 0.126. The lowest BCUT2D eigenvalue weighted by Crippen LogP contribution is -2.46. The summed E-state index contributed by atoms with van der Waals surface area (Å²) in [6.45, 7) is 4.92. The maximum absolute atomic E-state index is 11.9. The number of nitrogens with zero attached hydrogens (tertiary/aromatic N) is 1. The lowest BCUT2D eigenvalue weighted by molar-refractivity contribution is -0.141. The van der Waals surface area contributed by atoms with Crippen molar-refractivity contribution in [2.75, 3.05) is 18.5 Å². The zero-order valence-electron chi connectivity index (χ0n) is 9.54. The van der Waals surface area contributed by atoms with E-state index < -0.39 is 0 Å². The van der Waals surface area contributed by atoms with Crippen LogP contribution in [0.3, 0.4) is 0 Å². The van der Waals surface area contributed by atoms with Gasteiger partial charge in [0.2, 0.25) is 5.91 Å². The van der Waals surface area contributed by atoms with Gasteiger partial charge in [0.15, 0.2) is 0 Å². The summed E-state index contributed by atoms with van der Waals surface area (Å²) in [7, 11) is 0. The van der Waals surface area contributed by atoms with Crippen LogP contribution in [-0.2, 0) is 9.53 Å². The first-order chi connectivity index (χ1) is 7.15. The molecule has 0 N–H and O–H groups in total. The second-order valence-electron chi connectivity index (χ2n) is 4.22. The molecule has 88 valence electrons. The molecule has 0 unspecified atom stereocenters. The molecule has 1 fully saturated rings. The van der Waals surface area contributed by atoms with Crippen LogP contribution >= 0.6 is 15.9 Å². The Morgan fingerprint density at radius 1 is 1.53 bits per heavy atom. The summed E-state index contributed by atoms with van der Waals surface area (Å²) >= 11 is 3.39. The van der Waals surface area contributed by atoms with Crippen molar-refractivity contribution in [3.05, 3.63) is 0 Å². The molecule has 0 spiro atoms. The molecule has 0 aliphatic heterocycles. The first kappa shape index (κ1) is 13.0. The third kappa shape index (κ3) is 4.11. The van der Waals surface area contributed by atoms with E-state index in [1.54, 1.807) is 0 Å². The predicted molar refractivity (Wildman–Crippen MR) is 64.2 cm³/mol. The molecule has 0 aromatic heterocycles. The van der Waals surface area contributed by atoms with Crippen molar-refractivity contribution >= 4 is 21.8 Å². The second-order valence-corrected chi connectivity index (χ2v) is 5.01. The zero-order chi connectivity index (χ0) is 11.3. The van der Waals surface area contributed by atoms with Crippen LogP contribution in [0.5, 0.6) is 0 Å². The van der Waals surface area contributed by atoms with Crippen molar-refractivity contribution in [1.29, 1.82) is 0 Å². The van der Waals surface area contributed by atoms with Crippen molar-refractivity contribution in [2.24, 2.45) is 0 Å². The van der Waals surface area contributed by atoms with Gasteiger partial charge in [-0.2, -0.15) is 0 Å². The highest BCUT2D eigenvalue weighted by Crippen LogP contribution is 2.24. The monoisotopic (exact) mass is 277 g/mol. The molecule has 0 aromatic rings. The van der Waals surface area contributed by atoms with E-state index in [4.69, 9.17) is 4.74 Å². The largest absolute Gasteiger partial charge is 0.369 e. The van der Waals surface area contributed by atoms with Crippen LogP contribution in [-0.4, -0.2) is 41.4 Å². The van der Waals surface area contributed by atoms with Crippen molar-refractivity contribution < 1.29 is 9.53 Å². The fraction of sp³-hybridized carbons (Fsp3) is 0.909. The van der Waals surface area contributed by atoms with Crippen LogP contribution in [0.25, 0.3) is 0 Å². The van der Waals surface area contributed by atoms with E-state index in [0.29, 0.717) is 6.04 Å². The maximum atomic E-state index is 11.9.